The minimum absolute atomic E-state index is 0.0258. The number of hydrogen-bond acceptors (Lipinski definition) is 10. The van der Waals surface area contributed by atoms with E-state index in [1.54, 1.807) is 11.6 Å². The fourth-order valence-electron chi connectivity index (χ4n) is 3.83. The van der Waals surface area contributed by atoms with E-state index in [4.69, 9.17) is 14.3 Å². The van der Waals surface area contributed by atoms with Crippen molar-refractivity contribution in [3.05, 3.63) is 35.3 Å². The minimum atomic E-state index is -0.823. The van der Waals surface area contributed by atoms with Crippen LogP contribution in [0.1, 0.15) is 19.8 Å². The van der Waals surface area contributed by atoms with Gasteiger partial charge in [-0.1, -0.05) is 0 Å². The quantitative estimate of drug-likeness (QED) is 0.567. The highest BCUT2D eigenvalue weighted by Gasteiger charge is 2.34. The molecule has 2 fully saturated rings. The Hall–Kier alpha value is -3.94. The molecule has 15 heteroatoms. The summed E-state index contributed by atoms with van der Waals surface area (Å²) in [5, 5.41) is 6.18. The summed E-state index contributed by atoms with van der Waals surface area (Å²) in [5.41, 5.74) is 2.76. The van der Waals surface area contributed by atoms with Crippen LogP contribution < -0.4 is 20.5 Å². The molecule has 2 aliphatic rings. The molecule has 12 nitrogen and oxygen atoms in total. The van der Waals surface area contributed by atoms with Gasteiger partial charge in [0.05, 0.1) is 18.8 Å². The molecule has 2 N–H and O–H groups in total. The summed E-state index contributed by atoms with van der Waals surface area (Å²) in [4.78, 5) is 58.7. The number of cyclic esters (lactones) is 1. The SMILES string of the molecule is CC(=O)CC[C@H]1CN(c2cc(F)c(N3CCNN(C(=O)Nc4nccs4)CC3)c(F)c2)C(=O)O1.O=C=O. The van der Waals surface area contributed by atoms with Crippen LogP contribution in [-0.2, 0) is 19.1 Å². The van der Waals surface area contributed by atoms with Crippen LogP contribution in [0, 0.1) is 11.6 Å². The molecule has 0 aliphatic carbocycles. The third-order valence-corrected chi connectivity index (χ3v) is 6.18. The Morgan fingerprint density at radius 2 is 1.95 bits per heavy atom. The monoisotopic (exact) mass is 538 g/mol. The second-order valence-corrected chi connectivity index (χ2v) is 8.91. The molecule has 1 aromatic heterocycles. The Labute approximate surface area is 214 Å². The van der Waals surface area contributed by atoms with E-state index in [-0.39, 0.29) is 62.5 Å². The zero-order valence-corrected chi connectivity index (χ0v) is 20.6. The number of carbonyl (C=O) groups is 3. The van der Waals surface area contributed by atoms with E-state index in [1.807, 2.05) is 0 Å². The van der Waals surface area contributed by atoms with Crippen LogP contribution in [0.4, 0.5) is 34.9 Å². The number of ketones is 1. The highest BCUT2D eigenvalue weighted by molar-refractivity contribution is 7.13. The Morgan fingerprint density at radius 3 is 2.57 bits per heavy atom. The van der Waals surface area contributed by atoms with Crippen molar-refractivity contribution in [2.75, 3.05) is 47.8 Å². The Morgan fingerprint density at radius 1 is 1.24 bits per heavy atom. The molecule has 1 aromatic carbocycles. The van der Waals surface area contributed by atoms with Gasteiger partial charge in [-0.3, -0.25) is 15.2 Å². The van der Waals surface area contributed by atoms with Gasteiger partial charge in [0, 0.05) is 49.8 Å². The molecule has 0 bridgehead atoms. The molecule has 0 spiro atoms. The summed E-state index contributed by atoms with van der Waals surface area (Å²) >= 11 is 1.28. The number of ether oxygens (including phenoxy) is 1. The van der Waals surface area contributed by atoms with E-state index in [0.717, 1.165) is 17.0 Å². The van der Waals surface area contributed by atoms with Crippen molar-refractivity contribution in [1.82, 2.24) is 15.4 Å². The number of thiazole rings is 1. The number of hydrazine groups is 1. The lowest BCUT2D eigenvalue weighted by atomic mass is 10.1. The standard InChI is InChI=1S/C21H24F2N6O4S.CO2/c1-13(30)2-3-15-12-28(21(32)33-15)14-10-16(22)18(17(23)11-14)27-6-4-25-29(8-7-27)20(31)26-19-24-5-9-34-19;2-1-3/h5,9-11,15,25H,2-4,6-8,12H2,1H3,(H,24,26,31);/t15-;/m0./s1. The lowest BCUT2D eigenvalue weighted by molar-refractivity contribution is -0.191. The first-order valence-electron chi connectivity index (χ1n) is 11.2. The van der Waals surface area contributed by atoms with Gasteiger partial charge < -0.3 is 14.4 Å². The number of amides is 3. The third kappa shape index (κ3) is 7.29. The van der Waals surface area contributed by atoms with Gasteiger partial charge in [-0.05, 0) is 13.3 Å². The zero-order valence-electron chi connectivity index (χ0n) is 19.7. The van der Waals surface area contributed by atoms with Crippen molar-refractivity contribution in [2.24, 2.45) is 0 Å². The van der Waals surface area contributed by atoms with Crippen LogP contribution in [-0.4, -0.2) is 72.9 Å². The number of aromatic nitrogens is 1. The number of benzene rings is 1. The predicted molar refractivity (Wildman–Crippen MR) is 127 cm³/mol. The second kappa shape index (κ2) is 12.9. The highest BCUT2D eigenvalue weighted by Crippen LogP contribution is 2.31. The normalized spacial score (nSPS) is 17.3. The third-order valence-electron chi connectivity index (χ3n) is 5.49. The number of anilines is 3. The molecule has 0 saturated carbocycles. The first-order valence-corrected chi connectivity index (χ1v) is 12.0. The topological polar surface area (TPSA) is 141 Å². The molecule has 2 aliphatic heterocycles. The van der Waals surface area contributed by atoms with Gasteiger partial charge >= 0.3 is 18.3 Å². The maximum atomic E-state index is 15.0. The van der Waals surface area contributed by atoms with Crippen LogP contribution in [0.2, 0.25) is 0 Å². The van der Waals surface area contributed by atoms with Crippen molar-refractivity contribution in [3.8, 4) is 0 Å². The number of rotatable bonds is 6. The number of nitrogens with one attached hydrogen (secondary N) is 2. The number of urea groups is 1. The maximum absolute atomic E-state index is 15.0. The van der Waals surface area contributed by atoms with Crippen LogP contribution >= 0.6 is 11.3 Å². The van der Waals surface area contributed by atoms with Gasteiger partial charge in [0.2, 0.25) is 0 Å². The van der Waals surface area contributed by atoms with Crippen molar-refractivity contribution in [3.63, 3.8) is 0 Å². The fourth-order valence-corrected chi connectivity index (χ4v) is 4.35. The Balaban J connectivity index is 0.00000121. The summed E-state index contributed by atoms with van der Waals surface area (Å²) in [6.45, 7) is 2.46. The molecular weight excluding hydrogens is 514 g/mol. The molecular formula is C22H24F2N6O6S. The van der Waals surface area contributed by atoms with E-state index in [1.165, 1.54) is 28.2 Å². The van der Waals surface area contributed by atoms with Gasteiger partial charge in [0.15, 0.2) is 16.8 Å². The summed E-state index contributed by atoms with van der Waals surface area (Å²) in [5.74, 6) is -1.67. The van der Waals surface area contributed by atoms with Crippen LogP contribution in [0.25, 0.3) is 0 Å². The van der Waals surface area contributed by atoms with Gasteiger partial charge in [0.25, 0.3) is 0 Å². The minimum Gasteiger partial charge on any atom is -0.444 e. The average Bonchev–Trinajstić information content (AvgIpc) is 3.41. The molecule has 198 valence electrons. The second-order valence-electron chi connectivity index (χ2n) is 8.01. The van der Waals surface area contributed by atoms with Gasteiger partial charge in [-0.2, -0.15) is 9.59 Å². The van der Waals surface area contributed by atoms with Crippen LogP contribution in [0.5, 0.6) is 0 Å². The summed E-state index contributed by atoms with van der Waals surface area (Å²) in [6.07, 6.45) is 1.21. The lowest BCUT2D eigenvalue weighted by Crippen LogP contribution is -2.46. The number of hydrogen-bond donors (Lipinski definition) is 2. The zero-order chi connectivity index (χ0) is 26.9. The van der Waals surface area contributed by atoms with Crippen molar-refractivity contribution in [1.29, 1.82) is 0 Å². The lowest BCUT2D eigenvalue weighted by Gasteiger charge is -2.25. The fraction of sp³-hybridized carbons (Fsp3) is 0.409. The molecule has 2 saturated heterocycles. The molecule has 1 atom stereocenters. The highest BCUT2D eigenvalue weighted by atomic mass is 32.1. The van der Waals surface area contributed by atoms with Gasteiger partial charge in [0.1, 0.15) is 17.6 Å². The number of nitrogens with zero attached hydrogens (tertiary/aromatic N) is 4. The van der Waals surface area contributed by atoms with Crippen molar-refractivity contribution >= 4 is 51.9 Å². The summed E-state index contributed by atoms with van der Waals surface area (Å²) in [7, 11) is 0. The van der Waals surface area contributed by atoms with Crippen molar-refractivity contribution in [2.45, 2.75) is 25.9 Å². The Bertz CT molecular complexity index is 1140. The van der Waals surface area contributed by atoms with Crippen molar-refractivity contribution < 1.29 is 37.5 Å². The smallest absolute Gasteiger partial charge is 0.414 e. The number of carbonyl (C=O) groups excluding carboxylic acids is 5. The predicted octanol–water partition coefficient (Wildman–Crippen LogP) is 2.39. The Kier molecular flexibility index (Phi) is 9.60. The molecule has 3 amide bonds. The van der Waals surface area contributed by atoms with Crippen LogP contribution in [0.15, 0.2) is 23.7 Å². The first-order chi connectivity index (χ1) is 17.7. The van der Waals surface area contributed by atoms with Gasteiger partial charge in [-0.15, -0.1) is 11.3 Å². The van der Waals surface area contributed by atoms with Gasteiger partial charge in [-0.25, -0.2) is 28.8 Å². The van der Waals surface area contributed by atoms with E-state index < -0.39 is 29.9 Å². The van der Waals surface area contributed by atoms with E-state index >= 15 is 8.78 Å². The van der Waals surface area contributed by atoms with E-state index in [2.05, 4.69) is 15.7 Å². The molecule has 0 radical (unpaired) electrons. The number of Topliss-reactive ketones (excluding diaryl/α,β-unsaturated/α-hetero) is 1. The molecule has 0 unspecified atom stereocenters. The van der Waals surface area contributed by atoms with E-state index in [0.29, 0.717) is 11.6 Å². The van der Waals surface area contributed by atoms with Crippen LogP contribution in [0.3, 0.4) is 0 Å². The molecule has 3 heterocycles. The summed E-state index contributed by atoms with van der Waals surface area (Å²) in [6, 6.07) is 1.77. The maximum Gasteiger partial charge on any atom is 0.414 e. The first kappa shape index (κ1) is 27.6. The molecule has 2 aromatic rings. The summed E-state index contributed by atoms with van der Waals surface area (Å²) < 4.78 is 35.3. The van der Waals surface area contributed by atoms with E-state index in [9.17, 15) is 14.4 Å². The largest absolute Gasteiger partial charge is 0.444 e. The number of halogens is 2. The molecule has 37 heavy (non-hydrogen) atoms. The molecule has 4 rings (SSSR count). The average molecular weight is 539 g/mol.